The molecule has 1 aliphatic rings. The summed E-state index contributed by atoms with van der Waals surface area (Å²) in [6.07, 6.45) is 4.12. The third-order valence-corrected chi connectivity index (χ3v) is 8.81. The zero-order valence-electron chi connectivity index (χ0n) is 31.6. The Morgan fingerprint density at radius 3 is 1.66 bits per heavy atom. The third kappa shape index (κ3) is 12.0. The fraction of sp³-hybridized carbons (Fsp3) is 0.395. The number of phenols is 1. The average molecular weight is 681 g/mol. The van der Waals surface area contributed by atoms with E-state index in [4.69, 9.17) is 9.47 Å². The predicted molar refractivity (Wildman–Crippen MR) is 205 cm³/mol. The minimum Gasteiger partial charge on any atom is -0.507 e. The van der Waals surface area contributed by atoms with Gasteiger partial charge in [0.1, 0.15) is 17.2 Å². The van der Waals surface area contributed by atoms with Gasteiger partial charge in [-0.25, -0.2) is 4.79 Å². The van der Waals surface area contributed by atoms with Crippen LogP contribution in [0.1, 0.15) is 82.4 Å². The first kappa shape index (κ1) is 39.7. The Morgan fingerprint density at radius 2 is 1.16 bits per heavy atom. The normalized spacial score (nSPS) is 12.1. The van der Waals surface area contributed by atoms with Crippen LogP contribution in [0.2, 0.25) is 0 Å². The van der Waals surface area contributed by atoms with E-state index < -0.39 is 5.97 Å². The molecule has 4 aromatic rings. The highest BCUT2D eigenvalue weighted by atomic mass is 16.5. The van der Waals surface area contributed by atoms with Crippen LogP contribution in [0.3, 0.4) is 0 Å². The lowest BCUT2D eigenvalue weighted by molar-refractivity contribution is -0.132. The molecule has 0 radical (unpaired) electrons. The summed E-state index contributed by atoms with van der Waals surface area (Å²) >= 11 is 0. The Kier molecular flexibility index (Phi) is 15.4. The molecule has 50 heavy (non-hydrogen) atoms. The summed E-state index contributed by atoms with van der Waals surface area (Å²) < 4.78 is 11.0. The number of carbonyl (C=O) groups is 2. The van der Waals surface area contributed by atoms with Gasteiger partial charge < -0.3 is 24.4 Å². The molecule has 268 valence electrons. The van der Waals surface area contributed by atoms with E-state index in [0.717, 1.165) is 35.5 Å². The molecular formula is C43H56N2O5. The molecule has 1 heterocycles. The Bertz CT molecular complexity index is 1680. The smallest absolute Gasteiger partial charge is 0.343 e. The number of phenolic OH excluding ortho intramolecular Hbond substituents is 1. The Labute approximate surface area is 299 Å². The van der Waals surface area contributed by atoms with E-state index in [1.165, 1.54) is 49.2 Å². The highest BCUT2D eigenvalue weighted by Crippen LogP contribution is 2.25. The van der Waals surface area contributed by atoms with Gasteiger partial charge in [-0.15, -0.1) is 0 Å². The number of hydrogen-bond acceptors (Lipinski definition) is 6. The largest absolute Gasteiger partial charge is 0.507 e. The molecule has 7 heteroatoms. The second kappa shape index (κ2) is 19.4. The van der Waals surface area contributed by atoms with Gasteiger partial charge in [0.05, 0.1) is 5.56 Å². The molecule has 7 nitrogen and oxygen atoms in total. The van der Waals surface area contributed by atoms with Crippen molar-refractivity contribution in [2.45, 2.75) is 81.6 Å². The van der Waals surface area contributed by atoms with E-state index in [1.807, 2.05) is 65.8 Å². The van der Waals surface area contributed by atoms with Gasteiger partial charge in [-0.2, -0.15) is 0 Å². The number of anilines is 1. The topological polar surface area (TPSA) is 79.3 Å². The van der Waals surface area contributed by atoms with Crippen LogP contribution in [0.5, 0.6) is 17.2 Å². The molecule has 1 aliphatic heterocycles. The summed E-state index contributed by atoms with van der Waals surface area (Å²) in [5, 5.41) is 9.72. The van der Waals surface area contributed by atoms with Crippen molar-refractivity contribution in [1.29, 1.82) is 0 Å². The van der Waals surface area contributed by atoms with Gasteiger partial charge in [0.25, 0.3) is 5.91 Å². The molecule has 0 spiro atoms. The number of carbonyl (C=O) groups excluding carboxylic acids is 2. The van der Waals surface area contributed by atoms with Crippen molar-refractivity contribution in [3.8, 4) is 17.2 Å². The van der Waals surface area contributed by atoms with Crippen LogP contribution >= 0.6 is 0 Å². The van der Waals surface area contributed by atoms with Crippen molar-refractivity contribution in [1.82, 2.24) is 4.90 Å². The number of piperidine rings is 1. The quantitative estimate of drug-likeness (QED) is 0.148. The monoisotopic (exact) mass is 680 g/mol. The summed E-state index contributed by atoms with van der Waals surface area (Å²) in [5.74, 6) is 1.19. The van der Waals surface area contributed by atoms with E-state index in [1.54, 1.807) is 36.9 Å². The van der Waals surface area contributed by atoms with Gasteiger partial charge in [0.2, 0.25) is 0 Å². The number of nitrogens with zero attached hydrogens (tertiary/aromatic N) is 2. The van der Waals surface area contributed by atoms with Gasteiger partial charge in [0.15, 0.2) is 6.61 Å². The number of rotatable bonds is 8. The number of likely N-dealkylation sites (N-methyl/N-ethyl adjacent to an activating group) is 1. The number of ether oxygens (including phenoxy) is 2. The number of hydrogen-bond donors (Lipinski definition) is 1. The highest BCUT2D eigenvalue weighted by Gasteiger charge is 2.14. The first-order valence-corrected chi connectivity index (χ1v) is 17.7. The Balaban J connectivity index is 0.000000207. The second-order valence-corrected chi connectivity index (χ2v) is 13.1. The molecule has 4 aromatic carbocycles. The maximum Gasteiger partial charge on any atom is 0.343 e. The maximum absolute atomic E-state index is 12.2. The molecule has 0 aromatic heterocycles. The molecule has 0 aliphatic carbocycles. The summed E-state index contributed by atoms with van der Waals surface area (Å²) in [6.45, 7) is 21.6. The zero-order valence-corrected chi connectivity index (χ0v) is 31.6. The SMILES string of the molecule is CCN(CC)C(=O)COc1ccc(C)cc1C.Cc1ccc(N2CCCCC2)cc1.Cc1ccc(OC(=O)c2cc(C)c(O)c(C)c2)c(C)c1. The van der Waals surface area contributed by atoms with Crippen LogP contribution in [0, 0.1) is 48.5 Å². The van der Waals surface area contributed by atoms with E-state index >= 15 is 0 Å². The zero-order chi connectivity index (χ0) is 36.8. The molecule has 0 saturated carbocycles. The fourth-order valence-corrected chi connectivity index (χ4v) is 5.82. The lowest BCUT2D eigenvalue weighted by Crippen LogP contribution is -2.34. The number of aromatic hydroxyl groups is 1. The van der Waals surface area contributed by atoms with Crippen molar-refractivity contribution in [2.24, 2.45) is 0 Å². The van der Waals surface area contributed by atoms with Crippen molar-refractivity contribution in [2.75, 3.05) is 37.7 Å². The molecule has 1 saturated heterocycles. The van der Waals surface area contributed by atoms with Crippen LogP contribution in [-0.4, -0.2) is 54.7 Å². The minimum atomic E-state index is -0.414. The number of aryl methyl sites for hydroxylation is 7. The van der Waals surface area contributed by atoms with Crippen LogP contribution in [0.15, 0.2) is 72.8 Å². The molecular weight excluding hydrogens is 624 g/mol. The van der Waals surface area contributed by atoms with Crippen LogP contribution < -0.4 is 14.4 Å². The number of benzene rings is 4. The summed E-state index contributed by atoms with van der Waals surface area (Å²) in [7, 11) is 0. The van der Waals surface area contributed by atoms with E-state index in [0.29, 0.717) is 22.4 Å². The highest BCUT2D eigenvalue weighted by molar-refractivity contribution is 5.92. The lowest BCUT2D eigenvalue weighted by Gasteiger charge is -2.28. The van der Waals surface area contributed by atoms with Crippen molar-refractivity contribution >= 4 is 17.6 Å². The van der Waals surface area contributed by atoms with E-state index in [2.05, 4.69) is 42.2 Å². The van der Waals surface area contributed by atoms with Gasteiger partial charge in [-0.05, 0) is 140 Å². The molecule has 0 unspecified atom stereocenters. The molecule has 0 bridgehead atoms. The first-order valence-electron chi connectivity index (χ1n) is 17.7. The van der Waals surface area contributed by atoms with E-state index in [-0.39, 0.29) is 18.3 Å². The predicted octanol–water partition coefficient (Wildman–Crippen LogP) is 9.38. The van der Waals surface area contributed by atoms with Gasteiger partial charge in [-0.3, -0.25) is 4.79 Å². The fourth-order valence-electron chi connectivity index (χ4n) is 5.82. The Morgan fingerprint density at radius 1 is 0.660 bits per heavy atom. The van der Waals surface area contributed by atoms with Crippen molar-refractivity contribution in [3.63, 3.8) is 0 Å². The van der Waals surface area contributed by atoms with Gasteiger partial charge >= 0.3 is 5.97 Å². The first-order chi connectivity index (χ1) is 23.8. The number of amides is 1. The molecule has 1 N–H and O–H groups in total. The number of esters is 1. The van der Waals surface area contributed by atoms with Crippen molar-refractivity contribution in [3.05, 3.63) is 117 Å². The van der Waals surface area contributed by atoms with Crippen LogP contribution in [-0.2, 0) is 4.79 Å². The lowest BCUT2D eigenvalue weighted by atomic mass is 10.1. The van der Waals surface area contributed by atoms with Gasteiger partial charge in [-0.1, -0.05) is 53.1 Å². The third-order valence-electron chi connectivity index (χ3n) is 8.81. The summed E-state index contributed by atoms with van der Waals surface area (Å²) in [6, 6.07) is 23.8. The average Bonchev–Trinajstić information content (AvgIpc) is 3.09. The standard InChI is InChI=1S/C17H18O3.C14H21NO2.C12H17N/c1-10-5-6-15(11(2)7-10)20-17(19)14-8-12(3)16(18)13(4)9-14;1-5-15(6-2)14(16)10-17-13-8-7-11(3)9-12(13)4;1-11-5-7-12(8-6-11)13-9-3-2-4-10-13/h5-9,18H,1-4H3;7-9H,5-6,10H2,1-4H3;5-8H,2-4,9-10H2,1H3. The Hall–Kier alpha value is -4.78. The summed E-state index contributed by atoms with van der Waals surface area (Å²) in [4.78, 5) is 28.2. The second-order valence-electron chi connectivity index (χ2n) is 13.1. The van der Waals surface area contributed by atoms with Crippen molar-refractivity contribution < 1.29 is 24.2 Å². The molecule has 0 atom stereocenters. The molecule has 1 amide bonds. The van der Waals surface area contributed by atoms with E-state index in [9.17, 15) is 14.7 Å². The van der Waals surface area contributed by atoms with Crippen LogP contribution in [0.25, 0.3) is 0 Å². The van der Waals surface area contributed by atoms with Crippen LogP contribution in [0.4, 0.5) is 5.69 Å². The molecule has 1 fully saturated rings. The summed E-state index contributed by atoms with van der Waals surface area (Å²) in [5.41, 5.74) is 8.82. The minimum absolute atomic E-state index is 0.0370. The van der Waals surface area contributed by atoms with Gasteiger partial charge in [0, 0.05) is 31.9 Å². The molecule has 5 rings (SSSR count). The maximum atomic E-state index is 12.2.